The number of aromatic nitrogens is 2. The summed E-state index contributed by atoms with van der Waals surface area (Å²) in [6.45, 7) is 5.75. The van der Waals surface area contributed by atoms with Crippen LogP contribution in [0.1, 0.15) is 32.6 Å². The van der Waals surface area contributed by atoms with Gasteiger partial charge in [-0.05, 0) is 30.7 Å². The van der Waals surface area contributed by atoms with Gasteiger partial charge in [-0.15, -0.1) is 6.58 Å². The molecule has 18 heavy (non-hydrogen) atoms. The molecule has 0 aliphatic heterocycles. The van der Waals surface area contributed by atoms with Crippen LogP contribution in [0, 0.1) is 5.41 Å². The van der Waals surface area contributed by atoms with Crippen molar-refractivity contribution in [3.63, 3.8) is 0 Å². The van der Waals surface area contributed by atoms with Crippen molar-refractivity contribution in [1.82, 2.24) is 9.97 Å². The fourth-order valence-electron chi connectivity index (χ4n) is 2.85. The molecule has 0 N–H and O–H groups in total. The number of hydrogen-bond donors (Lipinski definition) is 0. The van der Waals surface area contributed by atoms with Crippen LogP contribution in [0.2, 0.25) is 0 Å². The first-order chi connectivity index (χ1) is 8.50. The lowest BCUT2D eigenvalue weighted by atomic mass is 9.85. The number of rotatable bonds is 4. The third-order valence-electron chi connectivity index (χ3n) is 3.77. The van der Waals surface area contributed by atoms with E-state index < -0.39 is 15.1 Å². The van der Waals surface area contributed by atoms with Gasteiger partial charge < -0.3 is 0 Å². The summed E-state index contributed by atoms with van der Waals surface area (Å²) in [4.78, 5) is 7.79. The quantitative estimate of drug-likeness (QED) is 0.620. The van der Waals surface area contributed by atoms with Crippen LogP contribution in [0.5, 0.6) is 0 Å². The van der Waals surface area contributed by atoms with Crippen LogP contribution >= 0.6 is 0 Å². The smallest absolute Gasteiger partial charge is 0.227 e. The summed E-state index contributed by atoms with van der Waals surface area (Å²) in [5.74, 6) is 0. The third kappa shape index (κ3) is 2.19. The minimum atomic E-state index is -3.44. The number of sulfone groups is 1. The Kier molecular flexibility index (Phi) is 3.52. The summed E-state index contributed by atoms with van der Waals surface area (Å²) in [6.07, 6.45) is 7.99. The topological polar surface area (TPSA) is 59.9 Å². The van der Waals surface area contributed by atoms with E-state index >= 15 is 0 Å². The lowest BCUT2D eigenvalue weighted by Gasteiger charge is -2.29. The molecule has 4 nitrogen and oxygen atoms in total. The van der Waals surface area contributed by atoms with Crippen molar-refractivity contribution in [3.8, 4) is 0 Å². The van der Waals surface area contributed by atoms with Crippen LogP contribution in [-0.2, 0) is 9.84 Å². The van der Waals surface area contributed by atoms with Gasteiger partial charge in [0.25, 0.3) is 0 Å². The molecule has 0 amide bonds. The van der Waals surface area contributed by atoms with E-state index in [0.29, 0.717) is 12.8 Å². The van der Waals surface area contributed by atoms with Crippen molar-refractivity contribution >= 4 is 9.84 Å². The molecule has 2 atom stereocenters. The summed E-state index contributed by atoms with van der Waals surface area (Å²) in [7, 11) is -3.44. The Bertz CT molecular complexity index is 527. The molecular weight excluding hydrogens is 248 g/mol. The molecule has 1 aliphatic rings. The number of hydrogen-bond acceptors (Lipinski definition) is 4. The second-order valence-electron chi connectivity index (χ2n) is 5.10. The molecule has 1 aliphatic carbocycles. The molecule has 98 valence electrons. The van der Waals surface area contributed by atoms with Crippen LogP contribution in [0.15, 0.2) is 36.3 Å². The van der Waals surface area contributed by atoms with Crippen LogP contribution in [0.3, 0.4) is 0 Å². The normalized spacial score (nSPS) is 28.2. The van der Waals surface area contributed by atoms with Crippen molar-refractivity contribution in [1.29, 1.82) is 0 Å². The van der Waals surface area contributed by atoms with Crippen LogP contribution < -0.4 is 0 Å². The molecule has 1 heterocycles. The monoisotopic (exact) mass is 266 g/mol. The SMILES string of the molecule is C=CC[C@]1(C)CCC[C@@H]1S(=O)(=O)c1ncccn1. The van der Waals surface area contributed by atoms with Crippen LogP contribution in [0.4, 0.5) is 0 Å². The Morgan fingerprint density at radius 3 is 2.78 bits per heavy atom. The lowest BCUT2D eigenvalue weighted by molar-refractivity contribution is 0.340. The van der Waals surface area contributed by atoms with Gasteiger partial charge in [-0.3, -0.25) is 0 Å². The summed E-state index contributed by atoms with van der Waals surface area (Å²) in [6, 6.07) is 1.62. The minimum absolute atomic E-state index is 0.0489. The Morgan fingerprint density at radius 1 is 1.50 bits per heavy atom. The van der Waals surface area contributed by atoms with E-state index in [2.05, 4.69) is 16.5 Å². The highest BCUT2D eigenvalue weighted by atomic mass is 32.2. The molecule has 0 unspecified atom stereocenters. The first-order valence-electron chi connectivity index (χ1n) is 6.12. The molecule has 2 rings (SSSR count). The van der Waals surface area contributed by atoms with Crippen molar-refractivity contribution in [3.05, 3.63) is 31.1 Å². The second kappa shape index (κ2) is 4.80. The Hall–Kier alpha value is -1.23. The first kappa shape index (κ1) is 13.2. The second-order valence-corrected chi connectivity index (χ2v) is 7.13. The zero-order chi connectivity index (χ0) is 13.2. The van der Waals surface area contributed by atoms with E-state index in [9.17, 15) is 8.42 Å². The van der Waals surface area contributed by atoms with Gasteiger partial charge in [0.2, 0.25) is 15.0 Å². The number of nitrogens with zero attached hydrogens (tertiary/aromatic N) is 2. The van der Waals surface area contributed by atoms with Gasteiger partial charge >= 0.3 is 0 Å². The van der Waals surface area contributed by atoms with E-state index in [1.165, 1.54) is 12.4 Å². The molecule has 5 heteroatoms. The van der Waals surface area contributed by atoms with E-state index in [-0.39, 0.29) is 10.6 Å². The van der Waals surface area contributed by atoms with Crippen LogP contribution in [-0.4, -0.2) is 23.6 Å². The average Bonchev–Trinajstić information content (AvgIpc) is 2.73. The van der Waals surface area contributed by atoms with Gasteiger partial charge in [-0.2, -0.15) is 0 Å². The largest absolute Gasteiger partial charge is 0.247 e. The van der Waals surface area contributed by atoms with Crippen molar-refractivity contribution < 1.29 is 8.42 Å². The first-order valence-corrected chi connectivity index (χ1v) is 7.67. The molecule has 0 aromatic carbocycles. The Morgan fingerprint density at radius 2 is 2.17 bits per heavy atom. The van der Waals surface area contributed by atoms with Crippen molar-refractivity contribution in [2.45, 2.75) is 43.0 Å². The molecule has 0 spiro atoms. The van der Waals surface area contributed by atoms with E-state index in [0.717, 1.165) is 12.8 Å². The molecule has 0 bridgehead atoms. The fourth-order valence-corrected chi connectivity index (χ4v) is 4.96. The standard InChI is InChI=1S/C13H18N2O2S/c1-3-7-13(2)8-4-6-11(13)18(16,17)12-14-9-5-10-15-12/h3,5,9-11H,1,4,6-8H2,2H3/t11-,13+/m0/s1. The van der Waals surface area contributed by atoms with E-state index in [1.807, 2.05) is 6.92 Å². The van der Waals surface area contributed by atoms with Crippen molar-refractivity contribution in [2.24, 2.45) is 5.41 Å². The summed E-state index contributed by atoms with van der Waals surface area (Å²) in [5.41, 5.74) is -0.236. The Labute approximate surface area is 108 Å². The predicted octanol–water partition coefficient (Wildman–Crippen LogP) is 2.39. The maximum Gasteiger partial charge on any atom is 0.247 e. The van der Waals surface area contributed by atoms with Crippen molar-refractivity contribution in [2.75, 3.05) is 0 Å². The predicted molar refractivity (Wildman–Crippen MR) is 69.8 cm³/mol. The van der Waals surface area contributed by atoms with E-state index in [4.69, 9.17) is 0 Å². The molecular formula is C13H18N2O2S. The highest BCUT2D eigenvalue weighted by Gasteiger charge is 2.47. The average molecular weight is 266 g/mol. The summed E-state index contributed by atoms with van der Waals surface area (Å²) >= 11 is 0. The highest BCUT2D eigenvalue weighted by Crippen LogP contribution is 2.46. The maximum atomic E-state index is 12.6. The van der Waals surface area contributed by atoms with Gasteiger partial charge in [-0.25, -0.2) is 18.4 Å². The van der Waals surface area contributed by atoms with Gasteiger partial charge in [0, 0.05) is 12.4 Å². The highest BCUT2D eigenvalue weighted by molar-refractivity contribution is 7.91. The molecule has 1 saturated carbocycles. The molecule has 1 fully saturated rings. The van der Waals surface area contributed by atoms with Gasteiger partial charge in [0.1, 0.15) is 0 Å². The molecule has 1 aromatic rings. The fraction of sp³-hybridized carbons (Fsp3) is 0.538. The zero-order valence-electron chi connectivity index (χ0n) is 10.5. The lowest BCUT2D eigenvalue weighted by Crippen LogP contribution is -2.34. The zero-order valence-corrected chi connectivity index (χ0v) is 11.4. The minimum Gasteiger partial charge on any atom is -0.227 e. The van der Waals surface area contributed by atoms with Crippen LogP contribution in [0.25, 0.3) is 0 Å². The molecule has 0 saturated heterocycles. The molecule has 0 radical (unpaired) electrons. The third-order valence-corrected chi connectivity index (χ3v) is 6.05. The maximum absolute atomic E-state index is 12.6. The summed E-state index contributed by atoms with van der Waals surface area (Å²) < 4.78 is 25.1. The Balaban J connectivity index is 2.39. The van der Waals surface area contributed by atoms with Gasteiger partial charge in [0.05, 0.1) is 5.25 Å². The molecule has 1 aromatic heterocycles. The van der Waals surface area contributed by atoms with Gasteiger partial charge in [0.15, 0.2) is 0 Å². The summed E-state index contributed by atoms with van der Waals surface area (Å²) in [5, 5.41) is -0.447. The van der Waals surface area contributed by atoms with Gasteiger partial charge in [-0.1, -0.05) is 19.4 Å². The van der Waals surface area contributed by atoms with E-state index in [1.54, 1.807) is 12.1 Å². The number of allylic oxidation sites excluding steroid dienone is 1.